The van der Waals surface area contributed by atoms with Gasteiger partial charge in [-0.1, -0.05) is 12.1 Å². The van der Waals surface area contributed by atoms with Gasteiger partial charge in [-0.3, -0.25) is 9.97 Å². The number of hydrogen-bond acceptors (Lipinski definition) is 4. The number of aryl methyl sites for hydroxylation is 1. The zero-order valence-electron chi connectivity index (χ0n) is 12.9. The van der Waals surface area contributed by atoms with Gasteiger partial charge < -0.3 is 5.32 Å². The van der Waals surface area contributed by atoms with E-state index in [4.69, 9.17) is 5.26 Å². The Morgan fingerprint density at radius 1 is 1.14 bits per heavy atom. The van der Waals surface area contributed by atoms with Crippen LogP contribution in [0.3, 0.4) is 0 Å². The minimum absolute atomic E-state index is 0.0773. The molecule has 0 aliphatic carbocycles. The van der Waals surface area contributed by atoms with Crippen LogP contribution >= 0.6 is 0 Å². The van der Waals surface area contributed by atoms with Crippen molar-refractivity contribution in [1.82, 2.24) is 9.97 Å². The largest absolute Gasteiger partial charge is 0.377 e. The second kappa shape index (κ2) is 5.92. The molecule has 0 amide bonds. The first-order chi connectivity index (χ1) is 9.94. The minimum atomic E-state index is -0.467. The van der Waals surface area contributed by atoms with E-state index in [1.807, 2.05) is 45.0 Å². The molecule has 2 rings (SSSR count). The third kappa shape index (κ3) is 3.38. The Hall–Kier alpha value is -2.41. The summed E-state index contributed by atoms with van der Waals surface area (Å²) in [5.74, 6) is 0. The standard InChI is InChI=1S/C17H20N4/c1-12-16(20-10-9-19-12)13(2)21-15-7-5-14(6-8-15)17(3,4)11-18/h5-10,13,21H,1-4H3. The third-order valence-corrected chi connectivity index (χ3v) is 3.60. The number of nitrogens with one attached hydrogen (secondary N) is 1. The maximum Gasteiger partial charge on any atom is 0.0835 e. The molecule has 0 radical (unpaired) electrons. The predicted octanol–water partition coefficient (Wildman–Crippen LogP) is 3.76. The van der Waals surface area contributed by atoms with Gasteiger partial charge in [-0.25, -0.2) is 0 Å². The highest BCUT2D eigenvalue weighted by molar-refractivity contribution is 5.48. The molecule has 0 spiro atoms. The van der Waals surface area contributed by atoms with Crippen molar-refractivity contribution in [3.05, 3.63) is 53.6 Å². The van der Waals surface area contributed by atoms with Crippen LogP contribution < -0.4 is 5.32 Å². The molecule has 0 aliphatic heterocycles. The average molecular weight is 280 g/mol. The van der Waals surface area contributed by atoms with Gasteiger partial charge in [-0.2, -0.15) is 5.26 Å². The highest BCUT2D eigenvalue weighted by atomic mass is 15.0. The van der Waals surface area contributed by atoms with E-state index in [2.05, 4.69) is 28.3 Å². The van der Waals surface area contributed by atoms with Crippen molar-refractivity contribution in [3.63, 3.8) is 0 Å². The topological polar surface area (TPSA) is 61.6 Å². The number of aromatic nitrogens is 2. The van der Waals surface area contributed by atoms with Crippen LogP contribution in [-0.2, 0) is 5.41 Å². The van der Waals surface area contributed by atoms with E-state index >= 15 is 0 Å². The zero-order valence-corrected chi connectivity index (χ0v) is 12.9. The summed E-state index contributed by atoms with van der Waals surface area (Å²) in [6.45, 7) is 7.85. The Kier molecular flexibility index (Phi) is 4.23. The lowest BCUT2D eigenvalue weighted by Gasteiger charge is -2.19. The van der Waals surface area contributed by atoms with Gasteiger partial charge >= 0.3 is 0 Å². The summed E-state index contributed by atoms with van der Waals surface area (Å²) in [5.41, 5.74) is 3.42. The minimum Gasteiger partial charge on any atom is -0.377 e. The van der Waals surface area contributed by atoms with Crippen molar-refractivity contribution in [1.29, 1.82) is 5.26 Å². The van der Waals surface area contributed by atoms with Crippen LogP contribution in [0, 0.1) is 18.3 Å². The second-order valence-corrected chi connectivity index (χ2v) is 5.71. The average Bonchev–Trinajstić information content (AvgIpc) is 2.48. The summed E-state index contributed by atoms with van der Waals surface area (Å²) in [6.07, 6.45) is 3.41. The molecule has 1 atom stereocenters. The van der Waals surface area contributed by atoms with Gasteiger partial charge in [-0.05, 0) is 45.4 Å². The van der Waals surface area contributed by atoms with Crippen LogP contribution in [0.1, 0.15) is 43.8 Å². The lowest BCUT2D eigenvalue weighted by atomic mass is 9.86. The van der Waals surface area contributed by atoms with Crippen molar-refractivity contribution in [2.45, 2.75) is 39.2 Å². The Morgan fingerprint density at radius 3 is 2.33 bits per heavy atom. The van der Waals surface area contributed by atoms with Crippen LogP contribution in [0.5, 0.6) is 0 Å². The maximum absolute atomic E-state index is 9.16. The van der Waals surface area contributed by atoms with E-state index < -0.39 is 5.41 Å². The fourth-order valence-corrected chi connectivity index (χ4v) is 2.21. The van der Waals surface area contributed by atoms with Crippen LogP contribution in [-0.4, -0.2) is 9.97 Å². The van der Waals surface area contributed by atoms with Gasteiger partial charge in [-0.15, -0.1) is 0 Å². The van der Waals surface area contributed by atoms with Gasteiger partial charge in [0.15, 0.2) is 0 Å². The number of nitriles is 1. The summed E-state index contributed by atoms with van der Waals surface area (Å²) in [7, 11) is 0. The van der Waals surface area contributed by atoms with E-state index in [1.54, 1.807) is 12.4 Å². The molecule has 1 N–H and O–H groups in total. The number of anilines is 1. The third-order valence-electron chi connectivity index (χ3n) is 3.60. The molecule has 0 saturated heterocycles. The quantitative estimate of drug-likeness (QED) is 0.926. The Balaban J connectivity index is 2.15. The lowest BCUT2D eigenvalue weighted by Crippen LogP contribution is -2.14. The molecule has 1 heterocycles. The van der Waals surface area contributed by atoms with Gasteiger partial charge in [0.1, 0.15) is 0 Å². The molecule has 1 aromatic carbocycles. The van der Waals surface area contributed by atoms with E-state index in [0.29, 0.717) is 0 Å². The van der Waals surface area contributed by atoms with Crippen molar-refractivity contribution >= 4 is 5.69 Å². The monoisotopic (exact) mass is 280 g/mol. The summed E-state index contributed by atoms with van der Waals surface area (Å²) in [6, 6.07) is 10.4. The van der Waals surface area contributed by atoms with Crippen LogP contribution in [0.15, 0.2) is 36.7 Å². The van der Waals surface area contributed by atoms with Crippen molar-refractivity contribution < 1.29 is 0 Å². The highest BCUT2D eigenvalue weighted by Gasteiger charge is 2.19. The molecule has 1 unspecified atom stereocenters. The number of hydrogen-bond donors (Lipinski definition) is 1. The predicted molar refractivity (Wildman–Crippen MR) is 83.9 cm³/mol. The first-order valence-electron chi connectivity index (χ1n) is 7.00. The van der Waals surface area contributed by atoms with E-state index in [-0.39, 0.29) is 6.04 Å². The fourth-order valence-electron chi connectivity index (χ4n) is 2.21. The molecule has 0 bridgehead atoms. The molecule has 0 aliphatic rings. The van der Waals surface area contributed by atoms with Crippen LogP contribution in [0.4, 0.5) is 5.69 Å². The zero-order chi connectivity index (χ0) is 15.5. The molecule has 2 aromatic rings. The molecule has 108 valence electrons. The van der Waals surface area contributed by atoms with Gasteiger partial charge in [0, 0.05) is 18.1 Å². The summed E-state index contributed by atoms with van der Waals surface area (Å²) in [5, 5.41) is 12.6. The smallest absolute Gasteiger partial charge is 0.0835 e. The molecule has 4 nitrogen and oxygen atoms in total. The number of nitrogens with zero attached hydrogens (tertiary/aromatic N) is 3. The maximum atomic E-state index is 9.16. The highest BCUT2D eigenvalue weighted by Crippen LogP contribution is 2.25. The Morgan fingerprint density at radius 2 is 1.76 bits per heavy atom. The lowest BCUT2D eigenvalue weighted by molar-refractivity contribution is 0.687. The Bertz CT molecular complexity index is 653. The van der Waals surface area contributed by atoms with Gasteiger partial charge in [0.25, 0.3) is 0 Å². The normalized spacial score (nSPS) is 12.5. The first-order valence-corrected chi connectivity index (χ1v) is 7.00. The molecular formula is C17H20N4. The molecule has 0 saturated carbocycles. The molecule has 21 heavy (non-hydrogen) atoms. The second-order valence-electron chi connectivity index (χ2n) is 5.71. The molecule has 0 fully saturated rings. The summed E-state index contributed by atoms with van der Waals surface area (Å²) < 4.78 is 0. The number of rotatable bonds is 4. The molecule has 4 heteroatoms. The van der Waals surface area contributed by atoms with E-state index in [1.165, 1.54) is 0 Å². The van der Waals surface area contributed by atoms with Crippen LogP contribution in [0.25, 0.3) is 0 Å². The van der Waals surface area contributed by atoms with Crippen molar-refractivity contribution in [2.24, 2.45) is 0 Å². The summed E-state index contributed by atoms with van der Waals surface area (Å²) in [4.78, 5) is 8.64. The van der Waals surface area contributed by atoms with Crippen LogP contribution in [0.2, 0.25) is 0 Å². The van der Waals surface area contributed by atoms with E-state index in [0.717, 1.165) is 22.6 Å². The van der Waals surface area contributed by atoms with Crippen molar-refractivity contribution in [3.8, 4) is 6.07 Å². The SMILES string of the molecule is Cc1nccnc1C(C)Nc1ccc(C(C)(C)C#N)cc1. The Labute approximate surface area is 125 Å². The fraction of sp³-hybridized carbons (Fsp3) is 0.353. The molecular weight excluding hydrogens is 260 g/mol. The van der Waals surface area contributed by atoms with Gasteiger partial charge in [0.05, 0.1) is 28.9 Å². The van der Waals surface area contributed by atoms with E-state index in [9.17, 15) is 0 Å². The summed E-state index contributed by atoms with van der Waals surface area (Å²) >= 11 is 0. The molecule has 1 aromatic heterocycles. The first kappa shape index (κ1) is 15.0. The van der Waals surface area contributed by atoms with Crippen molar-refractivity contribution in [2.75, 3.05) is 5.32 Å². The van der Waals surface area contributed by atoms with Gasteiger partial charge in [0.2, 0.25) is 0 Å². The number of benzene rings is 1.